The Morgan fingerprint density at radius 3 is 2.03 bits per heavy atom. The number of fused-ring (bicyclic) bond motifs is 4. The van der Waals surface area contributed by atoms with E-state index in [-0.39, 0.29) is 0 Å². The second-order valence-corrected chi connectivity index (χ2v) is 9.64. The third kappa shape index (κ3) is 3.47. The van der Waals surface area contributed by atoms with Gasteiger partial charge in [-0.25, -0.2) is 4.98 Å². The van der Waals surface area contributed by atoms with Crippen LogP contribution < -0.4 is 5.32 Å². The van der Waals surface area contributed by atoms with Crippen molar-refractivity contribution >= 4 is 54.7 Å². The highest BCUT2D eigenvalue weighted by atomic mass is 32.1. The first-order chi connectivity index (χ1) is 17.3. The number of para-hydroxylation sites is 3. The van der Waals surface area contributed by atoms with Crippen LogP contribution in [0.25, 0.3) is 48.3 Å². The SMILES string of the molecule is c1cc(Nc2cccc(-n3c4ccccc4c4ccccc43)c2)cc(-c2nc3ccccc3s2)c1. The van der Waals surface area contributed by atoms with Gasteiger partial charge >= 0.3 is 0 Å². The van der Waals surface area contributed by atoms with E-state index in [0.717, 1.165) is 33.1 Å². The molecule has 4 heteroatoms. The molecule has 166 valence electrons. The summed E-state index contributed by atoms with van der Waals surface area (Å²) in [5.41, 5.74) is 7.81. The van der Waals surface area contributed by atoms with E-state index in [9.17, 15) is 0 Å². The molecule has 0 unspecified atom stereocenters. The summed E-state index contributed by atoms with van der Waals surface area (Å²) in [6.45, 7) is 0. The summed E-state index contributed by atoms with van der Waals surface area (Å²) in [5.74, 6) is 0. The smallest absolute Gasteiger partial charge is 0.124 e. The van der Waals surface area contributed by atoms with Crippen LogP contribution in [0.15, 0.2) is 121 Å². The van der Waals surface area contributed by atoms with Crippen LogP contribution in [-0.4, -0.2) is 9.55 Å². The van der Waals surface area contributed by atoms with Crippen LogP contribution in [0.5, 0.6) is 0 Å². The molecule has 0 aliphatic carbocycles. The lowest BCUT2D eigenvalue weighted by Crippen LogP contribution is -1.96. The lowest BCUT2D eigenvalue weighted by atomic mass is 10.2. The van der Waals surface area contributed by atoms with E-state index >= 15 is 0 Å². The molecule has 7 aromatic rings. The van der Waals surface area contributed by atoms with Gasteiger partial charge in [0.1, 0.15) is 5.01 Å². The molecule has 0 radical (unpaired) electrons. The lowest BCUT2D eigenvalue weighted by Gasteiger charge is -2.12. The Hall–Kier alpha value is -4.41. The van der Waals surface area contributed by atoms with Crippen LogP contribution in [0.1, 0.15) is 0 Å². The molecule has 35 heavy (non-hydrogen) atoms. The molecule has 7 rings (SSSR count). The monoisotopic (exact) mass is 467 g/mol. The van der Waals surface area contributed by atoms with Crippen molar-refractivity contribution in [1.29, 1.82) is 0 Å². The molecular formula is C31H21N3S. The summed E-state index contributed by atoms with van der Waals surface area (Å²) >= 11 is 1.73. The number of benzene rings is 5. The van der Waals surface area contributed by atoms with Gasteiger partial charge in [-0.3, -0.25) is 0 Å². The van der Waals surface area contributed by atoms with Crippen molar-refractivity contribution in [2.45, 2.75) is 0 Å². The van der Waals surface area contributed by atoms with Crippen molar-refractivity contribution in [2.75, 3.05) is 5.32 Å². The molecule has 1 N–H and O–H groups in total. The Labute approximate surface area is 206 Å². The predicted molar refractivity (Wildman–Crippen MR) is 149 cm³/mol. The van der Waals surface area contributed by atoms with Crippen LogP contribution in [0.2, 0.25) is 0 Å². The number of hydrogen-bond acceptors (Lipinski definition) is 3. The van der Waals surface area contributed by atoms with Crippen molar-refractivity contribution in [3.8, 4) is 16.3 Å². The Balaban J connectivity index is 1.27. The third-order valence-electron chi connectivity index (χ3n) is 6.38. The standard InChI is InChI=1S/C31H21N3S/c1-4-16-28-25(13-1)26-14-2-5-17-29(26)34(28)24-12-8-11-23(20-24)32-22-10-7-9-21(19-22)31-33-27-15-3-6-18-30(27)35-31/h1-20,32H. The van der Waals surface area contributed by atoms with Crippen molar-refractivity contribution in [3.05, 3.63) is 121 Å². The molecule has 3 nitrogen and oxygen atoms in total. The second-order valence-electron chi connectivity index (χ2n) is 8.61. The summed E-state index contributed by atoms with van der Waals surface area (Å²) in [7, 11) is 0. The molecule has 0 amide bonds. The first kappa shape index (κ1) is 20.0. The van der Waals surface area contributed by atoms with E-state index in [1.54, 1.807) is 11.3 Å². The summed E-state index contributed by atoms with van der Waals surface area (Å²) in [4.78, 5) is 4.82. The molecule has 0 spiro atoms. The van der Waals surface area contributed by atoms with E-state index in [4.69, 9.17) is 4.98 Å². The predicted octanol–water partition coefficient (Wildman–Crippen LogP) is 8.80. The zero-order valence-electron chi connectivity index (χ0n) is 18.8. The maximum absolute atomic E-state index is 4.82. The van der Waals surface area contributed by atoms with Gasteiger partial charge in [0, 0.05) is 33.4 Å². The summed E-state index contributed by atoms with van der Waals surface area (Å²) in [5, 5.41) is 7.18. The van der Waals surface area contributed by atoms with Gasteiger partial charge in [0.25, 0.3) is 0 Å². The largest absolute Gasteiger partial charge is 0.355 e. The highest BCUT2D eigenvalue weighted by Crippen LogP contribution is 2.34. The van der Waals surface area contributed by atoms with Gasteiger partial charge in [-0.2, -0.15) is 0 Å². The number of nitrogens with one attached hydrogen (secondary N) is 1. The fraction of sp³-hybridized carbons (Fsp3) is 0. The quantitative estimate of drug-likeness (QED) is 0.280. The summed E-state index contributed by atoms with van der Waals surface area (Å²) < 4.78 is 3.55. The normalized spacial score (nSPS) is 11.4. The molecule has 2 heterocycles. The molecule has 0 fully saturated rings. The molecule has 0 aliphatic rings. The molecule has 0 saturated carbocycles. The lowest BCUT2D eigenvalue weighted by molar-refractivity contribution is 1.18. The summed E-state index contributed by atoms with van der Waals surface area (Å²) in [6.07, 6.45) is 0. The summed E-state index contributed by atoms with van der Waals surface area (Å²) in [6, 6.07) is 42.6. The third-order valence-corrected chi connectivity index (χ3v) is 7.46. The van der Waals surface area contributed by atoms with Crippen molar-refractivity contribution < 1.29 is 0 Å². The molecule has 0 saturated heterocycles. The average Bonchev–Trinajstić information content (AvgIpc) is 3.49. The first-order valence-corrected chi connectivity index (χ1v) is 12.5. The van der Waals surface area contributed by atoms with Gasteiger partial charge < -0.3 is 9.88 Å². The van der Waals surface area contributed by atoms with Gasteiger partial charge in [-0.1, -0.05) is 66.7 Å². The van der Waals surface area contributed by atoms with E-state index in [0.29, 0.717) is 0 Å². The zero-order valence-corrected chi connectivity index (χ0v) is 19.7. The molecule has 0 aliphatic heterocycles. The van der Waals surface area contributed by atoms with Crippen LogP contribution in [0.4, 0.5) is 11.4 Å². The van der Waals surface area contributed by atoms with E-state index in [1.165, 1.54) is 26.5 Å². The average molecular weight is 468 g/mol. The minimum absolute atomic E-state index is 1.04. The van der Waals surface area contributed by atoms with Crippen molar-refractivity contribution in [1.82, 2.24) is 9.55 Å². The fourth-order valence-corrected chi connectivity index (χ4v) is 5.78. The highest BCUT2D eigenvalue weighted by Gasteiger charge is 2.12. The van der Waals surface area contributed by atoms with Crippen LogP contribution in [0.3, 0.4) is 0 Å². The Morgan fingerprint density at radius 2 is 1.26 bits per heavy atom. The van der Waals surface area contributed by atoms with Crippen LogP contribution in [0, 0.1) is 0 Å². The fourth-order valence-electron chi connectivity index (χ4n) is 4.82. The topological polar surface area (TPSA) is 29.9 Å². The van der Waals surface area contributed by atoms with E-state index in [1.807, 2.05) is 6.07 Å². The molecular weight excluding hydrogens is 446 g/mol. The van der Waals surface area contributed by atoms with Crippen molar-refractivity contribution in [3.63, 3.8) is 0 Å². The Morgan fingerprint density at radius 1 is 0.600 bits per heavy atom. The number of rotatable bonds is 4. The minimum atomic E-state index is 1.04. The van der Waals surface area contributed by atoms with Gasteiger partial charge in [0.2, 0.25) is 0 Å². The van der Waals surface area contributed by atoms with E-state index < -0.39 is 0 Å². The highest BCUT2D eigenvalue weighted by molar-refractivity contribution is 7.21. The minimum Gasteiger partial charge on any atom is -0.355 e. The van der Waals surface area contributed by atoms with Gasteiger partial charge in [-0.05, 0) is 54.6 Å². The number of thiazole rings is 1. The first-order valence-electron chi connectivity index (χ1n) is 11.7. The number of nitrogens with zero attached hydrogens (tertiary/aromatic N) is 2. The number of aromatic nitrogens is 2. The Bertz CT molecular complexity index is 1760. The van der Waals surface area contributed by atoms with Crippen LogP contribution >= 0.6 is 11.3 Å². The van der Waals surface area contributed by atoms with Crippen LogP contribution in [-0.2, 0) is 0 Å². The number of hydrogen-bond donors (Lipinski definition) is 1. The molecule has 2 aromatic heterocycles. The second kappa shape index (κ2) is 8.12. The molecule has 5 aromatic carbocycles. The van der Waals surface area contributed by atoms with Gasteiger partial charge in [0.05, 0.1) is 21.3 Å². The Kier molecular flexibility index (Phi) is 4.64. The van der Waals surface area contributed by atoms with Gasteiger partial charge in [-0.15, -0.1) is 11.3 Å². The van der Waals surface area contributed by atoms with Gasteiger partial charge in [0.15, 0.2) is 0 Å². The maximum Gasteiger partial charge on any atom is 0.124 e. The van der Waals surface area contributed by atoms with E-state index in [2.05, 4.69) is 125 Å². The molecule has 0 bridgehead atoms. The molecule has 0 atom stereocenters. The number of anilines is 2. The maximum atomic E-state index is 4.82. The van der Waals surface area contributed by atoms with Crippen molar-refractivity contribution in [2.24, 2.45) is 0 Å². The zero-order chi connectivity index (χ0) is 23.2.